The molecule has 0 aromatic rings. The van der Waals surface area contributed by atoms with Crippen LogP contribution >= 0.6 is 0 Å². The van der Waals surface area contributed by atoms with Crippen molar-refractivity contribution in [2.24, 2.45) is 39.9 Å². The fourth-order valence-electron chi connectivity index (χ4n) is 9.53. The van der Waals surface area contributed by atoms with Crippen LogP contribution in [-0.4, -0.2) is 30.4 Å². The van der Waals surface area contributed by atoms with Crippen LogP contribution in [0, 0.1) is 39.9 Å². The summed E-state index contributed by atoms with van der Waals surface area (Å²) in [5, 5.41) is 0. The van der Waals surface area contributed by atoms with Gasteiger partial charge in [0, 0.05) is 18.3 Å². The molecule has 6 rings (SSSR count). The van der Waals surface area contributed by atoms with Crippen LogP contribution in [0.4, 0.5) is 0 Å². The third-order valence-corrected chi connectivity index (χ3v) is 10.9. The zero-order valence-corrected chi connectivity index (χ0v) is 18.3. The van der Waals surface area contributed by atoms with E-state index in [-0.39, 0.29) is 51.4 Å². The molecule has 0 aromatic heterocycles. The highest BCUT2D eigenvalue weighted by atomic mass is 16.6. The average molecular weight is 413 g/mol. The molecule has 1 heterocycles. The van der Waals surface area contributed by atoms with Gasteiger partial charge < -0.3 is 9.47 Å². The Morgan fingerprint density at radius 3 is 2.63 bits per heavy atom. The second-order valence-electron chi connectivity index (χ2n) is 11.5. The number of ether oxygens (including phenoxy) is 2. The van der Waals surface area contributed by atoms with Gasteiger partial charge in [-0.15, -0.1) is 0 Å². The molecular weight excluding hydrogens is 380 g/mol. The molecule has 0 unspecified atom stereocenters. The summed E-state index contributed by atoms with van der Waals surface area (Å²) in [5.74, 6) is 0.982. The first-order valence-electron chi connectivity index (χ1n) is 11.7. The molecule has 5 fully saturated rings. The lowest BCUT2D eigenvalue weighted by Gasteiger charge is -2.61. The Hall–Kier alpha value is -1.65. The standard InChI is InChI=1S/C25H32O5/c1-22-7-4-16(26)10-14(22)11-17(21(28)29-3)20-18-5-8-24(9-6-19(27)30-24)23(18,2)12-15-13-25(15,20)22/h10,15,17-18,20H,4-9,11-13H2,1-3H3/t15-,17+,18-,20-,22-,23-,24+,25-/m0/s1. The van der Waals surface area contributed by atoms with Crippen LogP contribution in [0.25, 0.3) is 0 Å². The van der Waals surface area contributed by atoms with Gasteiger partial charge in [-0.2, -0.15) is 0 Å². The van der Waals surface area contributed by atoms with Crippen molar-refractivity contribution in [1.29, 1.82) is 0 Å². The second-order valence-corrected chi connectivity index (χ2v) is 11.5. The van der Waals surface area contributed by atoms with E-state index < -0.39 is 0 Å². The molecule has 30 heavy (non-hydrogen) atoms. The highest BCUT2D eigenvalue weighted by molar-refractivity contribution is 5.92. The van der Waals surface area contributed by atoms with Gasteiger partial charge in [-0.05, 0) is 79.6 Å². The van der Waals surface area contributed by atoms with Crippen molar-refractivity contribution in [2.45, 2.75) is 77.2 Å². The maximum atomic E-state index is 13.1. The van der Waals surface area contributed by atoms with Crippen LogP contribution in [0.3, 0.4) is 0 Å². The summed E-state index contributed by atoms with van der Waals surface area (Å²) >= 11 is 0. The predicted octanol–water partition coefficient (Wildman–Crippen LogP) is 3.99. The Labute approximate surface area is 177 Å². The van der Waals surface area contributed by atoms with Crippen LogP contribution in [0.1, 0.15) is 71.6 Å². The fraction of sp³-hybridized carbons (Fsp3) is 0.800. The minimum Gasteiger partial charge on any atom is -0.469 e. The SMILES string of the molecule is COC(=O)[C@@H]1CC2=CC(=O)CC[C@]2(C)[C@@]23C[C@@H]2C[C@@]2(C)[C@@H](CC[C@@]24CCC(=O)O4)[C@H]13. The highest BCUT2D eigenvalue weighted by Gasteiger charge is 2.81. The minimum atomic E-state index is -0.344. The number of carbonyl (C=O) groups excluding carboxylic acids is 3. The van der Waals surface area contributed by atoms with E-state index in [2.05, 4.69) is 13.8 Å². The summed E-state index contributed by atoms with van der Waals surface area (Å²) in [6, 6.07) is 0. The number of esters is 2. The van der Waals surface area contributed by atoms with Gasteiger partial charge in [0.05, 0.1) is 13.0 Å². The molecule has 8 atom stereocenters. The molecule has 0 aromatic carbocycles. The molecule has 5 aliphatic carbocycles. The number of allylic oxidation sites excluding steroid dienone is 1. The highest BCUT2D eigenvalue weighted by Crippen LogP contribution is 2.85. The second kappa shape index (κ2) is 5.58. The molecule has 0 N–H and O–H groups in total. The van der Waals surface area contributed by atoms with Gasteiger partial charge in [0.25, 0.3) is 0 Å². The zero-order valence-electron chi connectivity index (χ0n) is 18.3. The molecule has 0 radical (unpaired) electrons. The number of carbonyl (C=O) groups is 3. The first kappa shape index (κ1) is 19.1. The molecular formula is C25H32O5. The van der Waals surface area contributed by atoms with Gasteiger partial charge in [-0.1, -0.05) is 19.4 Å². The topological polar surface area (TPSA) is 69.7 Å². The van der Waals surface area contributed by atoms with Gasteiger partial charge >= 0.3 is 11.9 Å². The average Bonchev–Trinajstić information content (AvgIpc) is 3.20. The molecule has 5 nitrogen and oxygen atoms in total. The summed E-state index contributed by atoms with van der Waals surface area (Å²) in [6.07, 6.45) is 9.53. The maximum Gasteiger partial charge on any atom is 0.309 e. The molecule has 5 heteroatoms. The Kier molecular flexibility index (Phi) is 3.54. The first-order chi connectivity index (χ1) is 14.2. The monoisotopic (exact) mass is 412 g/mol. The van der Waals surface area contributed by atoms with Crippen molar-refractivity contribution in [2.75, 3.05) is 7.11 Å². The number of hydrogen-bond donors (Lipinski definition) is 0. The van der Waals surface area contributed by atoms with Crippen molar-refractivity contribution in [3.63, 3.8) is 0 Å². The van der Waals surface area contributed by atoms with E-state index in [4.69, 9.17) is 9.47 Å². The molecule has 1 saturated heterocycles. The van der Waals surface area contributed by atoms with E-state index in [0.29, 0.717) is 31.1 Å². The zero-order chi connectivity index (χ0) is 21.1. The molecule has 162 valence electrons. The summed E-state index contributed by atoms with van der Waals surface area (Å²) in [4.78, 5) is 37.5. The van der Waals surface area contributed by atoms with Crippen molar-refractivity contribution in [3.8, 4) is 0 Å². The smallest absolute Gasteiger partial charge is 0.309 e. The lowest BCUT2D eigenvalue weighted by atomic mass is 9.43. The number of rotatable bonds is 1. The van der Waals surface area contributed by atoms with E-state index in [1.807, 2.05) is 6.08 Å². The quantitative estimate of drug-likeness (QED) is 0.609. The number of ketones is 1. The molecule has 0 bridgehead atoms. The summed E-state index contributed by atoms with van der Waals surface area (Å²) in [6.45, 7) is 4.71. The Morgan fingerprint density at radius 1 is 1.13 bits per heavy atom. The van der Waals surface area contributed by atoms with Gasteiger partial charge in [0.15, 0.2) is 5.78 Å². The van der Waals surface area contributed by atoms with Crippen molar-refractivity contribution >= 4 is 17.7 Å². The van der Waals surface area contributed by atoms with E-state index in [9.17, 15) is 14.4 Å². The van der Waals surface area contributed by atoms with E-state index >= 15 is 0 Å². The Morgan fingerprint density at radius 2 is 1.93 bits per heavy atom. The number of methoxy groups -OCH3 is 1. The molecule has 2 spiro atoms. The van der Waals surface area contributed by atoms with Crippen molar-refractivity contribution in [1.82, 2.24) is 0 Å². The fourth-order valence-corrected chi connectivity index (χ4v) is 9.53. The Bertz CT molecular complexity index is 905. The normalized spacial score (nSPS) is 53.2. The lowest BCUT2D eigenvalue weighted by molar-refractivity contribution is -0.179. The summed E-state index contributed by atoms with van der Waals surface area (Å²) < 4.78 is 11.4. The van der Waals surface area contributed by atoms with Crippen LogP contribution < -0.4 is 0 Å². The minimum absolute atomic E-state index is 0.00417. The summed E-state index contributed by atoms with van der Waals surface area (Å²) in [7, 11) is 1.49. The maximum absolute atomic E-state index is 13.1. The van der Waals surface area contributed by atoms with Gasteiger partial charge in [-0.3, -0.25) is 14.4 Å². The van der Waals surface area contributed by atoms with Gasteiger partial charge in [0.1, 0.15) is 5.60 Å². The van der Waals surface area contributed by atoms with Gasteiger partial charge in [-0.25, -0.2) is 0 Å². The third-order valence-electron chi connectivity index (χ3n) is 10.9. The molecule has 4 saturated carbocycles. The van der Waals surface area contributed by atoms with E-state index in [1.165, 1.54) is 12.7 Å². The van der Waals surface area contributed by atoms with Crippen molar-refractivity contribution < 1.29 is 23.9 Å². The molecule has 1 aliphatic heterocycles. The van der Waals surface area contributed by atoms with Crippen LogP contribution in [0.15, 0.2) is 11.6 Å². The van der Waals surface area contributed by atoms with Crippen LogP contribution in [0.5, 0.6) is 0 Å². The van der Waals surface area contributed by atoms with Crippen LogP contribution in [0.2, 0.25) is 0 Å². The molecule has 0 amide bonds. The predicted molar refractivity (Wildman–Crippen MR) is 108 cm³/mol. The first-order valence-corrected chi connectivity index (χ1v) is 11.7. The van der Waals surface area contributed by atoms with E-state index in [1.54, 1.807) is 0 Å². The largest absolute Gasteiger partial charge is 0.469 e. The number of fused-ring (bicyclic) bond motifs is 4. The lowest BCUT2D eigenvalue weighted by Crippen LogP contribution is -2.59. The number of hydrogen-bond acceptors (Lipinski definition) is 5. The van der Waals surface area contributed by atoms with Crippen LogP contribution in [-0.2, 0) is 23.9 Å². The Balaban J connectivity index is 1.49. The van der Waals surface area contributed by atoms with Crippen molar-refractivity contribution in [3.05, 3.63) is 11.6 Å². The summed E-state index contributed by atoms with van der Waals surface area (Å²) in [5.41, 5.74) is 0.877. The van der Waals surface area contributed by atoms with Gasteiger partial charge in [0.2, 0.25) is 0 Å². The third kappa shape index (κ3) is 1.94. The molecule has 6 aliphatic rings. The van der Waals surface area contributed by atoms with E-state index in [0.717, 1.165) is 38.5 Å².